The van der Waals surface area contributed by atoms with Crippen LogP contribution in [-0.2, 0) is 5.41 Å². The molecule has 0 unspecified atom stereocenters. The molecule has 0 saturated carbocycles. The Kier molecular flexibility index (Phi) is 6.01. The van der Waals surface area contributed by atoms with Crippen LogP contribution < -0.4 is 0 Å². The number of pyridine rings is 2. The lowest BCUT2D eigenvalue weighted by Crippen LogP contribution is -2.15. The number of benzene rings is 7. The van der Waals surface area contributed by atoms with Crippen molar-refractivity contribution in [1.29, 1.82) is 0 Å². The summed E-state index contributed by atoms with van der Waals surface area (Å²) in [5.41, 5.74) is 15.6. The zero-order chi connectivity index (χ0) is 34.6. The first kappa shape index (κ1) is 29.2. The molecule has 3 nitrogen and oxygen atoms in total. The topological polar surface area (TPSA) is 38.9 Å². The van der Waals surface area contributed by atoms with E-state index in [1.54, 1.807) is 0 Å². The fourth-order valence-electron chi connectivity index (χ4n) is 8.72. The normalized spacial score (nSPS) is 13.3. The average molecular weight is 665 g/mol. The van der Waals surface area contributed by atoms with Crippen LogP contribution >= 0.6 is 0 Å². The Hall–Kier alpha value is -6.58. The molecule has 1 aliphatic carbocycles. The number of nitrogens with zero attached hydrogens (tertiary/aromatic N) is 2. The first-order valence-corrected chi connectivity index (χ1v) is 17.9. The highest BCUT2D eigenvalue weighted by Crippen LogP contribution is 2.57. The molecular formula is C49H32N2O. The van der Waals surface area contributed by atoms with E-state index in [1.165, 1.54) is 66.1 Å². The predicted molar refractivity (Wildman–Crippen MR) is 216 cm³/mol. The van der Waals surface area contributed by atoms with Gasteiger partial charge in [-0.3, -0.25) is 4.98 Å². The molecule has 244 valence electrons. The summed E-state index contributed by atoms with van der Waals surface area (Å²) in [6, 6.07) is 54.6. The zero-order valence-corrected chi connectivity index (χ0v) is 28.8. The molecule has 52 heavy (non-hydrogen) atoms. The Labute approximate surface area is 300 Å². The van der Waals surface area contributed by atoms with Crippen LogP contribution in [0.1, 0.15) is 25.0 Å². The van der Waals surface area contributed by atoms with E-state index in [2.05, 4.69) is 164 Å². The van der Waals surface area contributed by atoms with Crippen LogP contribution in [0.4, 0.5) is 0 Å². The first-order valence-electron chi connectivity index (χ1n) is 17.9. The molecule has 1 aliphatic rings. The molecule has 7 aromatic carbocycles. The van der Waals surface area contributed by atoms with Crippen molar-refractivity contribution in [2.75, 3.05) is 0 Å². The van der Waals surface area contributed by atoms with Crippen molar-refractivity contribution in [2.45, 2.75) is 19.3 Å². The highest BCUT2D eigenvalue weighted by molar-refractivity contribution is 6.14. The summed E-state index contributed by atoms with van der Waals surface area (Å²) < 4.78 is 6.62. The summed E-state index contributed by atoms with van der Waals surface area (Å²) in [7, 11) is 0. The van der Waals surface area contributed by atoms with Crippen molar-refractivity contribution < 1.29 is 4.42 Å². The Morgan fingerprint density at radius 2 is 1.21 bits per heavy atom. The van der Waals surface area contributed by atoms with Gasteiger partial charge in [0.25, 0.3) is 0 Å². The lowest BCUT2D eigenvalue weighted by molar-refractivity contribution is 0.657. The van der Waals surface area contributed by atoms with E-state index in [-0.39, 0.29) is 5.41 Å². The fraction of sp³-hybridized carbons (Fsp3) is 0.0612. The molecule has 0 amide bonds. The SMILES string of the molecule is CC1(C)c2ccc(-c3ccccc3)cc2-c2c(-c3ccc4cc(-c5ccc6ccc7cccnc7c6n5)ccc4c3)cc3oc4ccccc4c3c21. The van der Waals surface area contributed by atoms with Crippen molar-refractivity contribution in [3.05, 3.63) is 169 Å². The molecule has 0 fully saturated rings. The highest BCUT2D eigenvalue weighted by Gasteiger charge is 2.40. The Morgan fingerprint density at radius 3 is 2.08 bits per heavy atom. The van der Waals surface area contributed by atoms with Crippen LogP contribution in [0.25, 0.3) is 99.2 Å². The number of rotatable bonds is 3. The second-order valence-corrected chi connectivity index (χ2v) is 14.6. The van der Waals surface area contributed by atoms with Gasteiger partial charge in [0.15, 0.2) is 0 Å². The largest absolute Gasteiger partial charge is 0.456 e. The quantitative estimate of drug-likeness (QED) is 0.176. The maximum atomic E-state index is 6.62. The van der Waals surface area contributed by atoms with Gasteiger partial charge in [-0.2, -0.15) is 0 Å². The van der Waals surface area contributed by atoms with Gasteiger partial charge < -0.3 is 4.42 Å². The Bertz CT molecular complexity index is 3100. The average Bonchev–Trinajstić information content (AvgIpc) is 3.68. The van der Waals surface area contributed by atoms with Gasteiger partial charge in [-0.1, -0.05) is 123 Å². The van der Waals surface area contributed by atoms with Crippen molar-refractivity contribution in [2.24, 2.45) is 0 Å². The van der Waals surface area contributed by atoms with E-state index in [9.17, 15) is 0 Å². The summed E-state index contributed by atoms with van der Waals surface area (Å²) in [5, 5.41) is 6.93. The van der Waals surface area contributed by atoms with Gasteiger partial charge in [0, 0.05) is 38.7 Å². The second-order valence-electron chi connectivity index (χ2n) is 14.6. The molecule has 0 bridgehead atoms. The molecule has 0 spiro atoms. The van der Waals surface area contributed by atoms with Crippen LogP contribution in [0.5, 0.6) is 0 Å². The summed E-state index contributed by atoms with van der Waals surface area (Å²) in [6.07, 6.45) is 1.84. The Balaban J connectivity index is 1.11. The molecule has 0 saturated heterocycles. The van der Waals surface area contributed by atoms with Crippen LogP contribution in [0.3, 0.4) is 0 Å². The second kappa shape index (κ2) is 10.7. The minimum Gasteiger partial charge on any atom is -0.456 e. The number of fused-ring (bicyclic) bond motifs is 11. The van der Waals surface area contributed by atoms with Crippen molar-refractivity contribution >= 4 is 54.5 Å². The van der Waals surface area contributed by atoms with Crippen LogP contribution in [0.2, 0.25) is 0 Å². The van der Waals surface area contributed by atoms with Gasteiger partial charge >= 0.3 is 0 Å². The van der Waals surface area contributed by atoms with E-state index in [0.29, 0.717) is 0 Å². The van der Waals surface area contributed by atoms with Crippen LogP contribution in [0, 0.1) is 0 Å². The molecule has 10 aromatic rings. The predicted octanol–water partition coefficient (Wildman–Crippen LogP) is 13.1. The summed E-state index contributed by atoms with van der Waals surface area (Å²) >= 11 is 0. The molecule has 3 heterocycles. The van der Waals surface area contributed by atoms with Gasteiger partial charge in [-0.15, -0.1) is 0 Å². The van der Waals surface area contributed by atoms with Gasteiger partial charge in [-0.05, 0) is 97.7 Å². The van der Waals surface area contributed by atoms with Crippen molar-refractivity contribution in [1.82, 2.24) is 9.97 Å². The van der Waals surface area contributed by atoms with Crippen molar-refractivity contribution in [3.63, 3.8) is 0 Å². The maximum Gasteiger partial charge on any atom is 0.136 e. The summed E-state index contributed by atoms with van der Waals surface area (Å²) in [6.45, 7) is 4.74. The van der Waals surface area contributed by atoms with Gasteiger partial charge in [0.05, 0.1) is 16.7 Å². The third-order valence-corrected chi connectivity index (χ3v) is 11.2. The minimum atomic E-state index is -0.222. The Morgan fingerprint density at radius 1 is 0.500 bits per heavy atom. The van der Waals surface area contributed by atoms with Gasteiger partial charge in [0.1, 0.15) is 11.2 Å². The highest BCUT2D eigenvalue weighted by atomic mass is 16.3. The number of furan rings is 1. The molecule has 0 N–H and O–H groups in total. The van der Waals surface area contributed by atoms with E-state index in [4.69, 9.17) is 9.40 Å². The minimum absolute atomic E-state index is 0.222. The standard InChI is InChI=1S/C49H32N2O/c1-49(2)40-22-20-34(29-9-4-3-5-10-29)27-39(40)44-38(28-43-45(46(44)49)37-12-6-7-13-42(37)52-43)35-18-16-33-26-36(19-17-32(33)25-35)41-23-21-31-15-14-30-11-8-24-50-47(30)48(31)51-41/h3-28H,1-2H3. The summed E-state index contributed by atoms with van der Waals surface area (Å²) in [4.78, 5) is 9.79. The van der Waals surface area contributed by atoms with Crippen LogP contribution in [-0.4, -0.2) is 9.97 Å². The first-order chi connectivity index (χ1) is 25.5. The fourth-order valence-corrected chi connectivity index (χ4v) is 8.72. The lowest BCUT2D eigenvalue weighted by Gasteiger charge is -2.23. The molecule has 0 aliphatic heterocycles. The number of para-hydroxylation sites is 1. The van der Waals surface area contributed by atoms with Crippen molar-refractivity contribution in [3.8, 4) is 44.6 Å². The number of aromatic nitrogens is 2. The summed E-state index contributed by atoms with van der Waals surface area (Å²) in [5.74, 6) is 0. The molecule has 0 radical (unpaired) electrons. The van der Waals surface area contributed by atoms with E-state index < -0.39 is 0 Å². The molecular weight excluding hydrogens is 633 g/mol. The van der Waals surface area contributed by atoms with E-state index in [0.717, 1.165) is 44.2 Å². The monoisotopic (exact) mass is 664 g/mol. The smallest absolute Gasteiger partial charge is 0.136 e. The van der Waals surface area contributed by atoms with E-state index >= 15 is 0 Å². The van der Waals surface area contributed by atoms with E-state index in [1.807, 2.05) is 12.3 Å². The lowest BCUT2D eigenvalue weighted by atomic mass is 9.79. The molecule has 0 atom stereocenters. The number of hydrogen-bond donors (Lipinski definition) is 0. The third-order valence-electron chi connectivity index (χ3n) is 11.2. The zero-order valence-electron chi connectivity index (χ0n) is 28.8. The molecule has 11 rings (SSSR count). The maximum absolute atomic E-state index is 6.62. The van der Waals surface area contributed by atoms with Gasteiger partial charge in [-0.25, -0.2) is 4.98 Å². The van der Waals surface area contributed by atoms with Gasteiger partial charge in [0.2, 0.25) is 0 Å². The van der Waals surface area contributed by atoms with Crippen LogP contribution in [0.15, 0.2) is 162 Å². The molecule has 3 aromatic heterocycles. The number of hydrogen-bond acceptors (Lipinski definition) is 3. The molecule has 3 heteroatoms. The third kappa shape index (κ3) is 4.20.